The summed E-state index contributed by atoms with van der Waals surface area (Å²) in [5, 5.41) is 4.24. The first-order chi connectivity index (χ1) is 13.3. The number of benzene rings is 2. The number of halogens is 1. The molecule has 3 rings (SSSR count). The van der Waals surface area contributed by atoms with Crippen LogP contribution in [-0.4, -0.2) is 32.3 Å². The molecule has 0 aliphatic carbocycles. The lowest BCUT2D eigenvalue weighted by molar-refractivity contribution is 0.0951. The highest BCUT2D eigenvalue weighted by molar-refractivity contribution is 7.91. The molecule has 1 aromatic heterocycles. The first-order valence-corrected chi connectivity index (χ1v) is 11.1. The molecule has 2 aromatic carbocycles. The number of carbonyl (C=O) groups excluding carboxylic acids is 1. The van der Waals surface area contributed by atoms with Gasteiger partial charge in [-0.05, 0) is 41.3 Å². The number of amides is 1. The molecule has 1 heterocycles. The summed E-state index contributed by atoms with van der Waals surface area (Å²) in [7, 11) is -2.40. The van der Waals surface area contributed by atoms with Gasteiger partial charge in [-0.3, -0.25) is 4.79 Å². The van der Waals surface area contributed by atoms with E-state index in [1.54, 1.807) is 43.3 Å². The molecule has 8 heteroatoms. The molecule has 144 valence electrons. The van der Waals surface area contributed by atoms with Gasteiger partial charge in [-0.2, -0.15) is 0 Å². The lowest BCUT2D eigenvalue weighted by Gasteiger charge is -2.09. The maximum atomic E-state index is 12.5. The van der Waals surface area contributed by atoms with Crippen molar-refractivity contribution in [1.29, 1.82) is 0 Å². The van der Waals surface area contributed by atoms with Crippen molar-refractivity contribution in [2.24, 2.45) is 0 Å². The third kappa shape index (κ3) is 4.37. The van der Waals surface area contributed by atoms with Gasteiger partial charge in [0.1, 0.15) is 5.15 Å². The van der Waals surface area contributed by atoms with Crippen LogP contribution in [0.3, 0.4) is 0 Å². The number of hydrogen-bond acceptors (Lipinski definition) is 4. The molecule has 0 bridgehead atoms. The van der Waals surface area contributed by atoms with Crippen molar-refractivity contribution in [3.8, 4) is 0 Å². The molecule has 1 N–H and O–H groups in total. The maximum Gasteiger partial charge on any atom is 0.251 e. The average molecular weight is 415 g/mol. The Hall–Kier alpha value is -2.38. The minimum absolute atomic E-state index is 0.0584. The van der Waals surface area contributed by atoms with E-state index in [1.807, 2.05) is 19.0 Å². The molecule has 0 unspecified atom stereocenters. The maximum absolute atomic E-state index is 12.5. The van der Waals surface area contributed by atoms with Crippen LogP contribution >= 0.6 is 11.6 Å². The van der Waals surface area contributed by atoms with E-state index in [4.69, 9.17) is 11.6 Å². The fourth-order valence-electron chi connectivity index (χ4n) is 2.96. The number of aromatic nitrogens is 1. The van der Waals surface area contributed by atoms with Crippen molar-refractivity contribution in [3.63, 3.8) is 0 Å². The van der Waals surface area contributed by atoms with Crippen LogP contribution in [0.2, 0.25) is 12.0 Å². The van der Waals surface area contributed by atoms with Gasteiger partial charge in [-0.25, -0.2) is 13.4 Å². The van der Waals surface area contributed by atoms with Crippen molar-refractivity contribution in [2.45, 2.75) is 25.2 Å². The van der Waals surface area contributed by atoms with Crippen LogP contribution in [0.5, 0.6) is 0 Å². The van der Waals surface area contributed by atoms with Crippen LogP contribution in [0.25, 0.3) is 10.9 Å². The Morgan fingerprint density at radius 3 is 2.50 bits per heavy atom. The lowest BCUT2D eigenvalue weighted by atomic mass is 9.72. The minimum atomic E-state index is -3.22. The molecule has 28 heavy (non-hydrogen) atoms. The molecule has 0 aliphatic rings. The molecule has 0 saturated carbocycles. The molecule has 0 spiro atoms. The van der Waals surface area contributed by atoms with Crippen molar-refractivity contribution in [2.75, 3.05) is 5.75 Å². The Morgan fingerprint density at radius 2 is 1.86 bits per heavy atom. The predicted octanol–water partition coefficient (Wildman–Crippen LogP) is 2.72. The average Bonchev–Trinajstić information content (AvgIpc) is 2.71. The van der Waals surface area contributed by atoms with Gasteiger partial charge in [0.05, 0.1) is 16.2 Å². The fraction of sp³-hybridized carbons (Fsp3) is 0.200. The number of rotatable bonds is 6. The summed E-state index contributed by atoms with van der Waals surface area (Å²) in [5.41, 5.74) is 3.09. The van der Waals surface area contributed by atoms with Crippen LogP contribution in [0.15, 0.2) is 53.4 Å². The second kappa shape index (κ2) is 8.33. The molecule has 3 aromatic rings. The SMILES string of the molecule is CBc1cc(Cl)nc2cc(C(=O)NCc3ccc(S(=O)(=O)CC)cc3)ccc12. The molecule has 0 saturated heterocycles. The number of hydrogen-bond donors (Lipinski definition) is 1. The lowest BCUT2D eigenvalue weighted by Crippen LogP contribution is -2.23. The summed E-state index contributed by atoms with van der Waals surface area (Å²) in [4.78, 5) is 17.1. The van der Waals surface area contributed by atoms with Gasteiger partial charge in [0.2, 0.25) is 0 Å². The molecule has 5 nitrogen and oxygen atoms in total. The van der Waals surface area contributed by atoms with Gasteiger partial charge in [0, 0.05) is 12.1 Å². The number of pyridine rings is 1. The van der Waals surface area contributed by atoms with Crippen LogP contribution in [0, 0.1) is 0 Å². The second-order valence-electron chi connectivity index (χ2n) is 6.42. The molecule has 0 fully saturated rings. The van der Waals surface area contributed by atoms with Crippen LogP contribution in [0.4, 0.5) is 0 Å². The highest BCUT2D eigenvalue weighted by Crippen LogP contribution is 2.16. The molecular formula is C20H20BClN2O3S. The van der Waals surface area contributed by atoms with E-state index < -0.39 is 9.84 Å². The van der Waals surface area contributed by atoms with Crippen LogP contribution < -0.4 is 10.8 Å². The van der Waals surface area contributed by atoms with E-state index in [9.17, 15) is 13.2 Å². The summed E-state index contributed by atoms with van der Waals surface area (Å²) < 4.78 is 23.7. The van der Waals surface area contributed by atoms with Crippen LogP contribution in [0.1, 0.15) is 22.8 Å². The van der Waals surface area contributed by atoms with Crippen molar-refractivity contribution in [1.82, 2.24) is 10.3 Å². The smallest absolute Gasteiger partial charge is 0.251 e. The number of carbonyl (C=O) groups is 1. The first kappa shape index (κ1) is 20.4. The second-order valence-corrected chi connectivity index (χ2v) is 9.09. The normalized spacial score (nSPS) is 11.4. The van der Waals surface area contributed by atoms with E-state index >= 15 is 0 Å². The third-order valence-electron chi connectivity index (χ3n) is 4.62. The van der Waals surface area contributed by atoms with Gasteiger partial charge in [0.15, 0.2) is 17.1 Å². The van der Waals surface area contributed by atoms with E-state index in [0.717, 1.165) is 23.7 Å². The van der Waals surface area contributed by atoms with Gasteiger partial charge in [0.25, 0.3) is 5.91 Å². The van der Waals surface area contributed by atoms with Crippen molar-refractivity contribution < 1.29 is 13.2 Å². The van der Waals surface area contributed by atoms with Crippen molar-refractivity contribution in [3.05, 3.63) is 64.8 Å². The minimum Gasteiger partial charge on any atom is -0.348 e. The topological polar surface area (TPSA) is 76.1 Å². The molecule has 0 atom stereocenters. The highest BCUT2D eigenvalue weighted by atomic mass is 35.5. The van der Waals surface area contributed by atoms with E-state index in [2.05, 4.69) is 10.3 Å². The first-order valence-electron chi connectivity index (χ1n) is 9.03. The quantitative estimate of drug-likeness (QED) is 0.497. The Kier molecular flexibility index (Phi) is 6.06. The van der Waals surface area contributed by atoms with Gasteiger partial charge < -0.3 is 5.32 Å². The molecule has 1 amide bonds. The van der Waals surface area contributed by atoms with Crippen LogP contribution in [-0.2, 0) is 16.4 Å². The standard InChI is InChI=1S/C20H20BClN2O3S/c1-3-28(26,27)15-7-4-13(5-8-15)12-23-20(25)14-6-9-16-17(21-2)11-19(22)24-18(16)10-14/h4-11,21H,3,12H2,1-2H3,(H,23,25). The largest absolute Gasteiger partial charge is 0.348 e. The molecule has 0 radical (unpaired) electrons. The monoisotopic (exact) mass is 414 g/mol. The zero-order chi connectivity index (χ0) is 20.3. The van der Waals surface area contributed by atoms with Gasteiger partial charge in [-0.15, -0.1) is 0 Å². The Balaban J connectivity index is 1.74. The Labute approximate surface area is 170 Å². The zero-order valence-electron chi connectivity index (χ0n) is 15.7. The number of nitrogens with one attached hydrogen (secondary N) is 1. The summed E-state index contributed by atoms with van der Waals surface area (Å²) in [6, 6.07) is 13.8. The zero-order valence-corrected chi connectivity index (χ0v) is 17.3. The Morgan fingerprint density at radius 1 is 1.14 bits per heavy atom. The van der Waals surface area contributed by atoms with E-state index in [1.165, 1.54) is 0 Å². The van der Waals surface area contributed by atoms with E-state index in [-0.39, 0.29) is 16.6 Å². The van der Waals surface area contributed by atoms with E-state index in [0.29, 0.717) is 22.8 Å². The molecular weight excluding hydrogens is 395 g/mol. The summed E-state index contributed by atoms with van der Waals surface area (Å²) in [6.07, 6.45) is 0. The Bertz CT molecular complexity index is 1130. The highest BCUT2D eigenvalue weighted by Gasteiger charge is 2.12. The number of sulfone groups is 1. The summed E-state index contributed by atoms with van der Waals surface area (Å²) in [5.74, 6) is -0.171. The predicted molar refractivity (Wildman–Crippen MR) is 115 cm³/mol. The summed E-state index contributed by atoms with van der Waals surface area (Å²) >= 11 is 6.08. The number of fused-ring (bicyclic) bond motifs is 1. The number of nitrogens with zero attached hydrogens (tertiary/aromatic N) is 1. The van der Waals surface area contributed by atoms with Gasteiger partial charge in [-0.1, -0.05) is 49.0 Å². The van der Waals surface area contributed by atoms with Crippen molar-refractivity contribution >= 4 is 51.0 Å². The molecule has 0 aliphatic heterocycles. The summed E-state index contributed by atoms with van der Waals surface area (Å²) in [6.45, 7) is 3.95. The third-order valence-corrected chi connectivity index (χ3v) is 6.57. The fourth-order valence-corrected chi connectivity index (χ4v) is 4.07. The van der Waals surface area contributed by atoms with Gasteiger partial charge >= 0.3 is 0 Å².